The minimum absolute atomic E-state index is 0.0202. The van der Waals surface area contributed by atoms with Crippen molar-refractivity contribution >= 4 is 9.84 Å². The highest BCUT2D eigenvalue weighted by Gasteiger charge is 2.23. The molecule has 1 aliphatic rings. The Hall–Kier alpha value is -1.14. The zero-order valence-electron chi connectivity index (χ0n) is 11.1. The fraction of sp³-hybridized carbons (Fsp3) is 0.538. The first-order chi connectivity index (χ1) is 8.93. The van der Waals surface area contributed by atoms with Crippen LogP contribution in [0.5, 0.6) is 5.75 Å². The molecule has 0 amide bonds. The Balaban J connectivity index is 2.47. The average Bonchev–Trinajstić information content (AvgIpc) is 2.38. The minimum Gasteiger partial charge on any atom is -0.496 e. The summed E-state index contributed by atoms with van der Waals surface area (Å²) in [5.74, 6) is -0.299. The largest absolute Gasteiger partial charge is 0.496 e. The molecule has 0 aliphatic carbocycles. The summed E-state index contributed by atoms with van der Waals surface area (Å²) in [4.78, 5) is -0.316. The summed E-state index contributed by atoms with van der Waals surface area (Å²) in [5.41, 5.74) is 0.687. The Kier molecular flexibility index (Phi) is 4.10. The summed E-state index contributed by atoms with van der Waals surface area (Å²) in [7, 11) is -2.13. The lowest BCUT2D eigenvalue weighted by Gasteiger charge is -2.25. The number of piperidine rings is 1. The zero-order chi connectivity index (χ0) is 14.0. The van der Waals surface area contributed by atoms with Gasteiger partial charge in [0.25, 0.3) is 0 Å². The van der Waals surface area contributed by atoms with E-state index in [0.29, 0.717) is 11.3 Å². The first kappa shape index (κ1) is 14.3. The Morgan fingerprint density at radius 3 is 2.63 bits per heavy atom. The van der Waals surface area contributed by atoms with Crippen LogP contribution in [0.1, 0.15) is 30.9 Å². The molecule has 1 aromatic carbocycles. The van der Waals surface area contributed by atoms with E-state index in [-0.39, 0.29) is 10.9 Å². The Morgan fingerprint density at radius 2 is 2.11 bits per heavy atom. The second-order valence-corrected chi connectivity index (χ2v) is 6.78. The minimum atomic E-state index is -3.59. The molecule has 2 rings (SSSR count). The van der Waals surface area contributed by atoms with Gasteiger partial charge in [-0.25, -0.2) is 12.8 Å². The molecular weight excluding hydrogens is 269 g/mol. The van der Waals surface area contributed by atoms with Crippen LogP contribution in [0, 0.1) is 5.82 Å². The van der Waals surface area contributed by atoms with Crippen LogP contribution in [0.15, 0.2) is 17.0 Å². The molecule has 1 heterocycles. The van der Waals surface area contributed by atoms with Gasteiger partial charge in [0.15, 0.2) is 9.84 Å². The fourth-order valence-electron chi connectivity index (χ4n) is 2.40. The Labute approximate surface area is 112 Å². The predicted octanol–water partition coefficient (Wildman–Crippen LogP) is 2.05. The smallest absolute Gasteiger partial charge is 0.178 e. The molecule has 0 spiro atoms. The van der Waals surface area contributed by atoms with Gasteiger partial charge in [0.2, 0.25) is 0 Å². The van der Waals surface area contributed by atoms with Crippen molar-refractivity contribution in [3.63, 3.8) is 0 Å². The molecule has 106 valence electrons. The van der Waals surface area contributed by atoms with Gasteiger partial charge < -0.3 is 10.1 Å². The summed E-state index contributed by atoms with van der Waals surface area (Å²) in [6, 6.07) is 2.57. The van der Waals surface area contributed by atoms with Crippen LogP contribution < -0.4 is 10.1 Å². The van der Waals surface area contributed by atoms with Crippen LogP contribution in [-0.2, 0) is 9.84 Å². The summed E-state index contributed by atoms with van der Waals surface area (Å²) >= 11 is 0. The van der Waals surface area contributed by atoms with Gasteiger partial charge in [-0.3, -0.25) is 0 Å². The lowest BCUT2D eigenvalue weighted by molar-refractivity contribution is 0.370. The summed E-state index contributed by atoms with van der Waals surface area (Å²) in [6.07, 6.45) is 4.05. The van der Waals surface area contributed by atoms with Gasteiger partial charge in [-0.2, -0.15) is 0 Å². The van der Waals surface area contributed by atoms with E-state index >= 15 is 0 Å². The van der Waals surface area contributed by atoms with Gasteiger partial charge in [-0.15, -0.1) is 0 Å². The van der Waals surface area contributed by atoms with Crippen LogP contribution in [-0.4, -0.2) is 28.3 Å². The van der Waals surface area contributed by atoms with Gasteiger partial charge >= 0.3 is 0 Å². The van der Waals surface area contributed by atoms with Crippen molar-refractivity contribution in [2.45, 2.75) is 30.2 Å². The fourth-order valence-corrected chi connectivity index (χ4v) is 3.13. The second kappa shape index (κ2) is 5.46. The van der Waals surface area contributed by atoms with Crippen LogP contribution in [0.2, 0.25) is 0 Å². The molecule has 19 heavy (non-hydrogen) atoms. The second-order valence-electron chi connectivity index (χ2n) is 4.80. The van der Waals surface area contributed by atoms with Gasteiger partial charge in [0.1, 0.15) is 16.5 Å². The number of nitrogens with one attached hydrogen (secondary N) is 1. The van der Waals surface area contributed by atoms with Crippen molar-refractivity contribution in [3.8, 4) is 5.75 Å². The predicted molar refractivity (Wildman–Crippen MR) is 70.7 cm³/mol. The van der Waals surface area contributed by atoms with Gasteiger partial charge in [0, 0.05) is 23.9 Å². The summed E-state index contributed by atoms with van der Waals surface area (Å²) in [5, 5.41) is 3.30. The molecule has 0 bridgehead atoms. The molecule has 1 unspecified atom stereocenters. The third-order valence-electron chi connectivity index (χ3n) is 3.37. The number of halogens is 1. The molecule has 1 fully saturated rings. The molecule has 1 aromatic rings. The van der Waals surface area contributed by atoms with Crippen LogP contribution in [0.25, 0.3) is 0 Å². The maximum absolute atomic E-state index is 14.0. The molecule has 1 atom stereocenters. The molecule has 6 heteroatoms. The maximum Gasteiger partial charge on any atom is 0.178 e. The SMILES string of the molecule is COc1cc(S(C)(=O)=O)c(F)cc1C1CCCCN1. The van der Waals surface area contributed by atoms with E-state index in [1.165, 1.54) is 19.2 Å². The zero-order valence-corrected chi connectivity index (χ0v) is 11.9. The first-order valence-electron chi connectivity index (χ1n) is 6.24. The van der Waals surface area contributed by atoms with E-state index in [9.17, 15) is 12.8 Å². The van der Waals surface area contributed by atoms with Crippen molar-refractivity contribution in [3.05, 3.63) is 23.5 Å². The highest BCUT2D eigenvalue weighted by Crippen LogP contribution is 2.33. The quantitative estimate of drug-likeness (QED) is 0.924. The molecule has 0 saturated carbocycles. The van der Waals surface area contributed by atoms with E-state index in [2.05, 4.69) is 5.32 Å². The third kappa shape index (κ3) is 3.06. The van der Waals surface area contributed by atoms with Crippen LogP contribution in [0.4, 0.5) is 4.39 Å². The number of sulfone groups is 1. The highest BCUT2D eigenvalue weighted by molar-refractivity contribution is 7.90. The van der Waals surface area contributed by atoms with E-state index in [0.717, 1.165) is 32.1 Å². The average molecular weight is 287 g/mol. The first-order valence-corrected chi connectivity index (χ1v) is 8.13. The van der Waals surface area contributed by atoms with Gasteiger partial charge in [-0.05, 0) is 25.5 Å². The lowest BCUT2D eigenvalue weighted by atomic mass is 9.96. The van der Waals surface area contributed by atoms with Crippen molar-refractivity contribution in [1.29, 1.82) is 0 Å². The monoisotopic (exact) mass is 287 g/mol. The number of rotatable bonds is 3. The number of benzene rings is 1. The molecule has 4 nitrogen and oxygen atoms in total. The molecule has 1 N–H and O–H groups in total. The lowest BCUT2D eigenvalue weighted by Crippen LogP contribution is -2.27. The van der Waals surface area contributed by atoms with E-state index in [1.54, 1.807) is 0 Å². The highest BCUT2D eigenvalue weighted by atomic mass is 32.2. The van der Waals surface area contributed by atoms with Gasteiger partial charge in [0.05, 0.1) is 7.11 Å². The maximum atomic E-state index is 14.0. The Bertz CT molecular complexity index is 565. The Morgan fingerprint density at radius 1 is 1.37 bits per heavy atom. The molecule has 1 saturated heterocycles. The van der Waals surface area contributed by atoms with Gasteiger partial charge in [-0.1, -0.05) is 6.42 Å². The molecule has 0 radical (unpaired) electrons. The van der Waals surface area contributed by atoms with Crippen molar-refractivity contribution in [2.75, 3.05) is 19.9 Å². The van der Waals surface area contributed by atoms with Crippen molar-refractivity contribution in [1.82, 2.24) is 5.32 Å². The number of hydrogen-bond donors (Lipinski definition) is 1. The summed E-state index contributed by atoms with van der Waals surface area (Å²) in [6.45, 7) is 0.878. The van der Waals surface area contributed by atoms with E-state index < -0.39 is 15.7 Å². The van der Waals surface area contributed by atoms with E-state index in [4.69, 9.17) is 4.74 Å². The number of hydrogen-bond acceptors (Lipinski definition) is 4. The van der Waals surface area contributed by atoms with E-state index in [1.807, 2.05) is 0 Å². The third-order valence-corrected chi connectivity index (χ3v) is 4.48. The molecule has 1 aliphatic heterocycles. The summed E-state index contributed by atoms with van der Waals surface area (Å²) < 4.78 is 42.2. The van der Waals surface area contributed by atoms with Crippen molar-refractivity contribution in [2.24, 2.45) is 0 Å². The van der Waals surface area contributed by atoms with Crippen LogP contribution >= 0.6 is 0 Å². The number of ether oxygens (including phenoxy) is 1. The normalized spacial score (nSPS) is 20.3. The number of methoxy groups -OCH3 is 1. The molecule has 0 aromatic heterocycles. The molecular formula is C13H18FNO3S. The standard InChI is InChI=1S/C13H18FNO3S/c1-18-12-8-13(19(2,16)17)10(14)7-9(12)11-5-3-4-6-15-11/h7-8,11,15H,3-6H2,1-2H3. The topological polar surface area (TPSA) is 55.4 Å². The van der Waals surface area contributed by atoms with Crippen LogP contribution in [0.3, 0.4) is 0 Å². The van der Waals surface area contributed by atoms with Crippen molar-refractivity contribution < 1.29 is 17.5 Å².